The zero-order valence-electron chi connectivity index (χ0n) is 6.36. The lowest BCUT2D eigenvalue weighted by atomic mass is 10.1. The Bertz CT molecular complexity index is 423. The normalized spacial score (nSPS) is 10.4. The molecule has 12 heavy (non-hydrogen) atoms. The molecule has 0 radical (unpaired) electrons. The van der Waals surface area contributed by atoms with Crippen molar-refractivity contribution in [2.75, 3.05) is 0 Å². The van der Waals surface area contributed by atoms with Crippen LogP contribution in [0.5, 0.6) is 5.75 Å². The van der Waals surface area contributed by atoms with Crippen molar-refractivity contribution < 1.29 is 5.11 Å². The van der Waals surface area contributed by atoms with Gasteiger partial charge in [-0.1, -0.05) is 18.2 Å². The molecule has 0 saturated heterocycles. The molecule has 2 heteroatoms. The van der Waals surface area contributed by atoms with Crippen LogP contribution >= 0.6 is 12.6 Å². The first-order valence-corrected chi connectivity index (χ1v) is 4.13. The van der Waals surface area contributed by atoms with Crippen LogP contribution in [0.1, 0.15) is 0 Å². The zero-order chi connectivity index (χ0) is 8.55. The molecule has 0 aliphatic rings. The maximum Gasteiger partial charge on any atom is 0.123 e. The van der Waals surface area contributed by atoms with E-state index in [1.165, 1.54) is 0 Å². The molecule has 0 aliphatic carbocycles. The van der Waals surface area contributed by atoms with Crippen molar-refractivity contribution in [1.29, 1.82) is 0 Å². The molecule has 2 rings (SSSR count). The Morgan fingerprint density at radius 3 is 2.75 bits per heavy atom. The standard InChI is InChI=1S/C10H8OS/c11-10-3-1-2-7-4-5-8(12)6-9(7)10/h1-6,11-12H. The van der Waals surface area contributed by atoms with Gasteiger partial charge in [0, 0.05) is 10.3 Å². The van der Waals surface area contributed by atoms with E-state index in [9.17, 15) is 5.11 Å². The molecule has 1 N–H and O–H groups in total. The molecule has 0 heterocycles. The summed E-state index contributed by atoms with van der Waals surface area (Å²) in [5.41, 5.74) is 0. The molecule has 2 aromatic rings. The maximum atomic E-state index is 9.46. The number of thiol groups is 1. The fourth-order valence-corrected chi connectivity index (χ4v) is 1.45. The highest BCUT2D eigenvalue weighted by Gasteiger charge is 1.97. The highest BCUT2D eigenvalue weighted by molar-refractivity contribution is 7.80. The first-order valence-electron chi connectivity index (χ1n) is 3.68. The van der Waals surface area contributed by atoms with Crippen LogP contribution in [0.2, 0.25) is 0 Å². The van der Waals surface area contributed by atoms with E-state index in [0.717, 1.165) is 15.7 Å². The summed E-state index contributed by atoms with van der Waals surface area (Å²) in [4.78, 5) is 0.865. The Hall–Kier alpha value is -1.15. The minimum atomic E-state index is 0.309. The lowest BCUT2D eigenvalue weighted by Gasteiger charge is -2.00. The van der Waals surface area contributed by atoms with E-state index in [1.807, 2.05) is 30.3 Å². The Kier molecular flexibility index (Phi) is 1.70. The molecule has 0 fully saturated rings. The number of phenolic OH excluding ortho intramolecular Hbond substituents is 1. The smallest absolute Gasteiger partial charge is 0.123 e. The van der Waals surface area contributed by atoms with Crippen LogP contribution in [0.4, 0.5) is 0 Å². The van der Waals surface area contributed by atoms with Gasteiger partial charge in [0.15, 0.2) is 0 Å². The van der Waals surface area contributed by atoms with Crippen molar-refractivity contribution >= 4 is 23.4 Å². The number of rotatable bonds is 0. The van der Waals surface area contributed by atoms with Crippen molar-refractivity contribution in [1.82, 2.24) is 0 Å². The monoisotopic (exact) mass is 176 g/mol. The molecule has 1 nitrogen and oxygen atoms in total. The van der Waals surface area contributed by atoms with Gasteiger partial charge in [-0.2, -0.15) is 0 Å². The van der Waals surface area contributed by atoms with E-state index in [2.05, 4.69) is 12.6 Å². The van der Waals surface area contributed by atoms with Crippen molar-refractivity contribution in [3.8, 4) is 5.75 Å². The van der Waals surface area contributed by atoms with Gasteiger partial charge < -0.3 is 5.11 Å². The number of aromatic hydroxyl groups is 1. The molecule has 2 aromatic carbocycles. The highest BCUT2D eigenvalue weighted by Crippen LogP contribution is 2.25. The lowest BCUT2D eigenvalue weighted by molar-refractivity contribution is 0.481. The summed E-state index contributed by atoms with van der Waals surface area (Å²) in [6, 6.07) is 11.2. The summed E-state index contributed by atoms with van der Waals surface area (Å²) in [5.74, 6) is 0.309. The van der Waals surface area contributed by atoms with E-state index in [0.29, 0.717) is 5.75 Å². The molecular weight excluding hydrogens is 168 g/mol. The van der Waals surface area contributed by atoms with Crippen molar-refractivity contribution in [2.45, 2.75) is 4.90 Å². The van der Waals surface area contributed by atoms with Crippen LogP contribution in [0.15, 0.2) is 41.3 Å². The van der Waals surface area contributed by atoms with E-state index in [4.69, 9.17) is 0 Å². The number of hydrogen-bond donors (Lipinski definition) is 2. The van der Waals surface area contributed by atoms with Crippen molar-refractivity contribution in [3.63, 3.8) is 0 Å². The maximum absolute atomic E-state index is 9.46. The molecule has 0 aliphatic heterocycles. The van der Waals surface area contributed by atoms with Gasteiger partial charge in [-0.25, -0.2) is 0 Å². The van der Waals surface area contributed by atoms with Crippen LogP contribution in [-0.2, 0) is 0 Å². The number of hydrogen-bond acceptors (Lipinski definition) is 2. The lowest BCUT2D eigenvalue weighted by Crippen LogP contribution is -1.73. The van der Waals surface area contributed by atoms with E-state index in [1.54, 1.807) is 6.07 Å². The summed E-state index contributed by atoms with van der Waals surface area (Å²) >= 11 is 4.20. The summed E-state index contributed by atoms with van der Waals surface area (Å²) in [5, 5.41) is 11.3. The van der Waals surface area contributed by atoms with Gasteiger partial charge in [-0.15, -0.1) is 12.6 Å². The minimum Gasteiger partial charge on any atom is -0.507 e. The first-order chi connectivity index (χ1) is 5.77. The van der Waals surface area contributed by atoms with Gasteiger partial charge >= 0.3 is 0 Å². The topological polar surface area (TPSA) is 20.2 Å². The summed E-state index contributed by atoms with van der Waals surface area (Å²) in [6.45, 7) is 0. The highest BCUT2D eigenvalue weighted by atomic mass is 32.1. The van der Waals surface area contributed by atoms with Crippen molar-refractivity contribution in [3.05, 3.63) is 36.4 Å². The van der Waals surface area contributed by atoms with E-state index < -0.39 is 0 Å². The van der Waals surface area contributed by atoms with E-state index >= 15 is 0 Å². The SMILES string of the molecule is Oc1cccc2ccc(S)cc12. The largest absolute Gasteiger partial charge is 0.507 e. The fraction of sp³-hybridized carbons (Fsp3) is 0. The quantitative estimate of drug-likeness (QED) is 0.591. The Balaban J connectivity index is 2.88. The van der Waals surface area contributed by atoms with Crippen LogP contribution in [-0.4, -0.2) is 5.11 Å². The second kappa shape index (κ2) is 2.72. The third-order valence-corrected chi connectivity index (χ3v) is 2.12. The van der Waals surface area contributed by atoms with Gasteiger partial charge in [0.05, 0.1) is 0 Å². The van der Waals surface area contributed by atoms with Gasteiger partial charge in [0.2, 0.25) is 0 Å². The van der Waals surface area contributed by atoms with Gasteiger partial charge in [-0.3, -0.25) is 0 Å². The minimum absolute atomic E-state index is 0.309. The Morgan fingerprint density at radius 1 is 1.08 bits per heavy atom. The van der Waals surface area contributed by atoms with Gasteiger partial charge in [-0.05, 0) is 23.6 Å². The molecular formula is C10H8OS. The Labute approximate surface area is 76.1 Å². The Morgan fingerprint density at radius 2 is 1.92 bits per heavy atom. The van der Waals surface area contributed by atoms with Crippen LogP contribution in [0.25, 0.3) is 10.8 Å². The predicted octanol–water partition coefficient (Wildman–Crippen LogP) is 2.83. The zero-order valence-corrected chi connectivity index (χ0v) is 7.25. The average molecular weight is 176 g/mol. The number of phenols is 1. The van der Waals surface area contributed by atoms with Gasteiger partial charge in [0.25, 0.3) is 0 Å². The second-order valence-electron chi connectivity index (χ2n) is 2.68. The third kappa shape index (κ3) is 1.14. The summed E-state index contributed by atoms with van der Waals surface area (Å²) in [6.07, 6.45) is 0. The van der Waals surface area contributed by atoms with Crippen LogP contribution in [0.3, 0.4) is 0 Å². The molecule has 0 saturated carbocycles. The van der Waals surface area contributed by atoms with E-state index in [-0.39, 0.29) is 0 Å². The molecule has 60 valence electrons. The summed E-state index contributed by atoms with van der Waals surface area (Å²) < 4.78 is 0. The average Bonchev–Trinajstić information content (AvgIpc) is 2.07. The third-order valence-electron chi connectivity index (χ3n) is 1.84. The molecule has 0 unspecified atom stereocenters. The van der Waals surface area contributed by atoms with Crippen LogP contribution < -0.4 is 0 Å². The molecule has 0 bridgehead atoms. The summed E-state index contributed by atoms with van der Waals surface area (Å²) in [7, 11) is 0. The molecule has 0 aromatic heterocycles. The number of benzene rings is 2. The number of fused-ring (bicyclic) bond motifs is 1. The molecule has 0 spiro atoms. The first kappa shape index (κ1) is 7.50. The second-order valence-corrected chi connectivity index (χ2v) is 3.20. The van der Waals surface area contributed by atoms with Crippen molar-refractivity contribution in [2.24, 2.45) is 0 Å². The molecule has 0 atom stereocenters. The fourth-order valence-electron chi connectivity index (χ4n) is 1.24. The molecule has 0 amide bonds. The predicted molar refractivity (Wildman–Crippen MR) is 52.9 cm³/mol. The van der Waals surface area contributed by atoms with Gasteiger partial charge in [0.1, 0.15) is 5.75 Å². The van der Waals surface area contributed by atoms with Crippen LogP contribution in [0, 0.1) is 0 Å².